The summed E-state index contributed by atoms with van der Waals surface area (Å²) < 4.78 is 5.97. The minimum absolute atomic E-state index is 0.194. The number of pyridine rings is 1. The first-order valence-electron chi connectivity index (χ1n) is 11.2. The Balaban J connectivity index is 1.14. The summed E-state index contributed by atoms with van der Waals surface area (Å²) in [7, 11) is 0. The SMILES string of the molecule is O=C(CN1CCC(c2ccccc2)C1)N1CCc2oc(CCc3cccnc3)nc2C1. The van der Waals surface area contributed by atoms with Crippen molar-refractivity contribution in [3.63, 3.8) is 0 Å². The second kappa shape index (κ2) is 9.02. The fourth-order valence-electron chi connectivity index (χ4n) is 4.63. The molecule has 0 radical (unpaired) electrons. The zero-order chi connectivity index (χ0) is 21.0. The first-order valence-corrected chi connectivity index (χ1v) is 11.2. The van der Waals surface area contributed by atoms with E-state index in [2.05, 4.69) is 51.3 Å². The molecule has 2 aliphatic heterocycles. The number of nitrogens with zero attached hydrogens (tertiary/aromatic N) is 4. The van der Waals surface area contributed by atoms with Crippen LogP contribution in [0, 0.1) is 0 Å². The minimum atomic E-state index is 0.194. The molecule has 1 amide bonds. The summed E-state index contributed by atoms with van der Waals surface area (Å²) in [6.07, 6.45) is 7.13. The third-order valence-electron chi connectivity index (χ3n) is 6.38. The number of fused-ring (bicyclic) bond motifs is 1. The molecule has 31 heavy (non-hydrogen) atoms. The number of benzene rings is 1. The van der Waals surface area contributed by atoms with Crippen LogP contribution in [0.2, 0.25) is 0 Å². The number of oxazole rings is 1. The predicted molar refractivity (Wildman–Crippen MR) is 118 cm³/mol. The molecule has 2 aromatic heterocycles. The molecule has 0 saturated carbocycles. The van der Waals surface area contributed by atoms with Crippen molar-refractivity contribution in [2.45, 2.75) is 38.1 Å². The number of aromatic nitrogens is 2. The van der Waals surface area contributed by atoms with Gasteiger partial charge in [0.05, 0.1) is 13.1 Å². The van der Waals surface area contributed by atoms with Gasteiger partial charge in [0.1, 0.15) is 11.5 Å². The van der Waals surface area contributed by atoms with E-state index in [0.29, 0.717) is 25.6 Å². The van der Waals surface area contributed by atoms with E-state index >= 15 is 0 Å². The van der Waals surface area contributed by atoms with Crippen molar-refractivity contribution in [3.05, 3.63) is 83.3 Å². The Kier molecular flexibility index (Phi) is 5.80. The Morgan fingerprint density at radius 3 is 2.84 bits per heavy atom. The third kappa shape index (κ3) is 4.69. The van der Waals surface area contributed by atoms with Crippen LogP contribution in [0.25, 0.3) is 0 Å². The molecule has 4 heterocycles. The molecule has 6 nitrogen and oxygen atoms in total. The van der Waals surface area contributed by atoms with Gasteiger partial charge in [-0.2, -0.15) is 0 Å². The van der Waals surface area contributed by atoms with Crippen LogP contribution >= 0.6 is 0 Å². The highest BCUT2D eigenvalue weighted by Gasteiger charge is 2.29. The molecule has 0 N–H and O–H groups in total. The molecule has 0 aliphatic carbocycles. The summed E-state index contributed by atoms with van der Waals surface area (Å²) in [6, 6.07) is 14.6. The van der Waals surface area contributed by atoms with E-state index in [1.165, 1.54) is 11.1 Å². The summed E-state index contributed by atoms with van der Waals surface area (Å²) in [6.45, 7) is 3.69. The Labute approximate surface area is 182 Å². The van der Waals surface area contributed by atoms with Gasteiger partial charge in [0, 0.05) is 38.3 Å². The van der Waals surface area contributed by atoms with Gasteiger partial charge in [-0.1, -0.05) is 36.4 Å². The monoisotopic (exact) mass is 416 g/mol. The molecule has 1 fully saturated rings. The van der Waals surface area contributed by atoms with Gasteiger partial charge in [-0.15, -0.1) is 0 Å². The molecular formula is C25H28N4O2. The van der Waals surface area contributed by atoms with Crippen molar-refractivity contribution >= 4 is 5.91 Å². The molecule has 6 heteroatoms. The Morgan fingerprint density at radius 2 is 2.00 bits per heavy atom. The number of hydrogen-bond acceptors (Lipinski definition) is 5. The van der Waals surface area contributed by atoms with Crippen molar-refractivity contribution in [2.24, 2.45) is 0 Å². The zero-order valence-electron chi connectivity index (χ0n) is 17.7. The maximum Gasteiger partial charge on any atom is 0.237 e. The first-order chi connectivity index (χ1) is 15.2. The predicted octanol–water partition coefficient (Wildman–Crippen LogP) is 3.23. The van der Waals surface area contributed by atoms with E-state index in [-0.39, 0.29) is 5.91 Å². The van der Waals surface area contributed by atoms with Crippen LogP contribution in [0.15, 0.2) is 59.3 Å². The number of carbonyl (C=O) groups is 1. The molecule has 2 aliphatic rings. The largest absolute Gasteiger partial charge is 0.445 e. The highest BCUT2D eigenvalue weighted by Crippen LogP contribution is 2.27. The van der Waals surface area contributed by atoms with E-state index in [9.17, 15) is 4.79 Å². The molecule has 3 aromatic rings. The van der Waals surface area contributed by atoms with Crippen LogP contribution < -0.4 is 0 Å². The van der Waals surface area contributed by atoms with Crippen molar-refractivity contribution in [1.82, 2.24) is 19.8 Å². The van der Waals surface area contributed by atoms with Gasteiger partial charge >= 0.3 is 0 Å². The molecule has 0 bridgehead atoms. The number of amides is 1. The molecular weight excluding hydrogens is 388 g/mol. The molecule has 1 aromatic carbocycles. The molecule has 0 spiro atoms. The summed E-state index contributed by atoms with van der Waals surface area (Å²) in [5.74, 6) is 2.42. The molecule has 160 valence electrons. The standard InChI is InChI=1S/C25H28N4O2/c30-25(18-28-13-10-21(16-28)20-6-2-1-3-7-20)29-14-11-23-22(17-29)27-24(31-23)9-8-19-5-4-12-26-15-19/h1-7,12,15,21H,8-11,13-14,16-18H2. The summed E-state index contributed by atoms with van der Waals surface area (Å²) >= 11 is 0. The van der Waals surface area contributed by atoms with E-state index in [4.69, 9.17) is 4.42 Å². The quantitative estimate of drug-likeness (QED) is 0.617. The van der Waals surface area contributed by atoms with Crippen LogP contribution in [0.4, 0.5) is 0 Å². The lowest BCUT2D eigenvalue weighted by molar-refractivity contribution is -0.133. The van der Waals surface area contributed by atoms with Crippen LogP contribution in [-0.2, 0) is 30.6 Å². The van der Waals surface area contributed by atoms with E-state index < -0.39 is 0 Å². The fourth-order valence-corrected chi connectivity index (χ4v) is 4.63. The average Bonchev–Trinajstić information content (AvgIpc) is 3.45. The average molecular weight is 417 g/mol. The third-order valence-corrected chi connectivity index (χ3v) is 6.38. The van der Waals surface area contributed by atoms with Crippen LogP contribution in [0.5, 0.6) is 0 Å². The van der Waals surface area contributed by atoms with E-state index in [1.807, 2.05) is 17.2 Å². The van der Waals surface area contributed by atoms with E-state index in [1.54, 1.807) is 6.20 Å². The molecule has 1 unspecified atom stereocenters. The Hall–Kier alpha value is -2.99. The zero-order valence-corrected chi connectivity index (χ0v) is 17.7. The van der Waals surface area contributed by atoms with Crippen LogP contribution in [0.1, 0.15) is 40.8 Å². The van der Waals surface area contributed by atoms with Gasteiger partial charge in [0.2, 0.25) is 5.91 Å². The van der Waals surface area contributed by atoms with Crippen LogP contribution in [0.3, 0.4) is 0 Å². The number of aryl methyl sites for hydroxylation is 2. The summed E-state index contributed by atoms with van der Waals surface area (Å²) in [5, 5.41) is 0. The second-order valence-corrected chi connectivity index (χ2v) is 8.54. The molecule has 5 rings (SSSR count). The van der Waals surface area contributed by atoms with Crippen LogP contribution in [-0.4, -0.2) is 51.9 Å². The normalized spacial score (nSPS) is 18.8. The number of likely N-dealkylation sites (tertiary alicyclic amines) is 1. The smallest absolute Gasteiger partial charge is 0.237 e. The van der Waals surface area contributed by atoms with Crippen molar-refractivity contribution in [1.29, 1.82) is 0 Å². The molecule has 1 atom stereocenters. The maximum atomic E-state index is 12.9. The molecule has 1 saturated heterocycles. The number of rotatable bonds is 6. The highest BCUT2D eigenvalue weighted by atomic mass is 16.4. The Bertz CT molecular complexity index is 1020. The number of carbonyl (C=O) groups excluding carboxylic acids is 1. The fraction of sp³-hybridized carbons (Fsp3) is 0.400. The summed E-state index contributed by atoms with van der Waals surface area (Å²) in [4.78, 5) is 26.0. The van der Waals surface area contributed by atoms with Crippen molar-refractivity contribution < 1.29 is 9.21 Å². The topological polar surface area (TPSA) is 62.5 Å². The summed E-state index contributed by atoms with van der Waals surface area (Å²) in [5.41, 5.74) is 3.47. The highest BCUT2D eigenvalue weighted by molar-refractivity contribution is 5.78. The van der Waals surface area contributed by atoms with Gasteiger partial charge < -0.3 is 9.32 Å². The lowest BCUT2D eigenvalue weighted by Gasteiger charge is -2.27. The van der Waals surface area contributed by atoms with Gasteiger partial charge in [-0.25, -0.2) is 4.98 Å². The van der Waals surface area contributed by atoms with Gasteiger partial charge in [0.25, 0.3) is 0 Å². The van der Waals surface area contributed by atoms with Gasteiger partial charge in [-0.05, 0) is 42.5 Å². The lowest BCUT2D eigenvalue weighted by Crippen LogP contribution is -2.42. The van der Waals surface area contributed by atoms with E-state index in [0.717, 1.165) is 56.1 Å². The first kappa shape index (κ1) is 19.9. The second-order valence-electron chi connectivity index (χ2n) is 8.54. The van der Waals surface area contributed by atoms with Gasteiger partial charge in [0.15, 0.2) is 5.89 Å². The minimum Gasteiger partial charge on any atom is -0.445 e. The van der Waals surface area contributed by atoms with Crippen molar-refractivity contribution in [3.8, 4) is 0 Å². The maximum absolute atomic E-state index is 12.9. The van der Waals surface area contributed by atoms with Gasteiger partial charge in [-0.3, -0.25) is 14.7 Å². The number of hydrogen-bond donors (Lipinski definition) is 0. The van der Waals surface area contributed by atoms with Crippen molar-refractivity contribution in [2.75, 3.05) is 26.2 Å². The lowest BCUT2D eigenvalue weighted by atomic mass is 9.99. The Morgan fingerprint density at radius 1 is 1.10 bits per heavy atom.